The molecule has 0 saturated carbocycles. The lowest BCUT2D eigenvalue weighted by Crippen LogP contribution is -2.50. The van der Waals surface area contributed by atoms with Gasteiger partial charge in [-0.2, -0.15) is 9.40 Å². The van der Waals surface area contributed by atoms with Gasteiger partial charge in [0.05, 0.1) is 22.3 Å². The third-order valence-electron chi connectivity index (χ3n) is 5.70. The van der Waals surface area contributed by atoms with Crippen LogP contribution in [0, 0.1) is 13.8 Å². The highest BCUT2D eigenvalue weighted by Crippen LogP contribution is 2.24. The summed E-state index contributed by atoms with van der Waals surface area (Å²) in [5, 5.41) is 4.35. The summed E-state index contributed by atoms with van der Waals surface area (Å²) in [6.45, 7) is 5.98. The Hall–Kier alpha value is -2.19. The van der Waals surface area contributed by atoms with Gasteiger partial charge in [-0.3, -0.25) is 9.48 Å². The normalized spacial score (nSPS) is 18.1. The largest absolute Gasteiger partial charge is 0.336 e. The highest BCUT2D eigenvalue weighted by molar-refractivity contribution is 7.89. The number of aryl methyl sites for hydroxylation is 3. The Bertz CT molecular complexity index is 1000. The summed E-state index contributed by atoms with van der Waals surface area (Å²) in [5.41, 5.74) is 3.35. The van der Waals surface area contributed by atoms with E-state index >= 15 is 0 Å². The highest BCUT2D eigenvalue weighted by atomic mass is 32.2. The van der Waals surface area contributed by atoms with Crippen LogP contribution in [0.4, 0.5) is 0 Å². The first-order chi connectivity index (χ1) is 13.4. The summed E-state index contributed by atoms with van der Waals surface area (Å²) in [6, 6.07) is 5.48. The van der Waals surface area contributed by atoms with Crippen molar-refractivity contribution in [1.29, 1.82) is 0 Å². The van der Waals surface area contributed by atoms with Crippen molar-refractivity contribution in [3.8, 4) is 0 Å². The molecule has 0 bridgehead atoms. The van der Waals surface area contributed by atoms with Gasteiger partial charge in [-0.1, -0.05) is 12.1 Å². The van der Waals surface area contributed by atoms with Gasteiger partial charge in [-0.05, 0) is 50.3 Å². The number of carbonyl (C=O) groups is 1. The second kappa shape index (κ2) is 7.33. The molecule has 2 aromatic rings. The zero-order valence-electron chi connectivity index (χ0n) is 16.4. The van der Waals surface area contributed by atoms with Crippen molar-refractivity contribution < 1.29 is 13.2 Å². The Morgan fingerprint density at radius 3 is 2.54 bits per heavy atom. The van der Waals surface area contributed by atoms with Crippen LogP contribution in [0.25, 0.3) is 0 Å². The van der Waals surface area contributed by atoms with Crippen LogP contribution in [-0.2, 0) is 23.0 Å². The number of nitrogens with zero attached hydrogens (tertiary/aromatic N) is 4. The number of aromatic nitrogens is 2. The number of carbonyl (C=O) groups excluding carboxylic acids is 1. The molecule has 1 fully saturated rings. The number of hydrogen-bond donors (Lipinski definition) is 0. The van der Waals surface area contributed by atoms with Gasteiger partial charge in [0.2, 0.25) is 10.0 Å². The Balaban J connectivity index is 1.48. The van der Waals surface area contributed by atoms with Crippen molar-refractivity contribution in [2.45, 2.75) is 44.6 Å². The predicted octanol–water partition coefficient (Wildman–Crippen LogP) is 1.98. The second-order valence-electron chi connectivity index (χ2n) is 7.65. The van der Waals surface area contributed by atoms with Crippen LogP contribution < -0.4 is 0 Å². The second-order valence-corrected chi connectivity index (χ2v) is 9.56. The van der Waals surface area contributed by atoms with E-state index in [9.17, 15) is 13.2 Å². The molecule has 28 heavy (non-hydrogen) atoms. The number of piperazine rings is 1. The molecule has 0 spiro atoms. The molecular formula is C20H26N4O3S. The Kier molecular flexibility index (Phi) is 5.01. The summed E-state index contributed by atoms with van der Waals surface area (Å²) < 4.78 is 29.6. The average molecular weight is 403 g/mol. The minimum absolute atomic E-state index is 0.0352. The number of fused-ring (bicyclic) bond motifs is 1. The fourth-order valence-electron chi connectivity index (χ4n) is 4.03. The van der Waals surface area contributed by atoms with Crippen molar-refractivity contribution in [2.24, 2.45) is 0 Å². The van der Waals surface area contributed by atoms with Crippen LogP contribution in [0.1, 0.15) is 40.0 Å². The Morgan fingerprint density at radius 1 is 1.04 bits per heavy atom. The third-order valence-corrected chi connectivity index (χ3v) is 7.74. The standard InChI is InChI=1S/C20H26N4O3S/c1-15-6-7-16(2)19(13-15)28(26,27)23-11-9-22(10-12-23)20(25)17-14-21-24-8-4-3-5-18(17)24/h6-7,13-14H,3-5,8-12H2,1-2H3. The molecule has 1 aromatic carbocycles. The van der Waals surface area contributed by atoms with Gasteiger partial charge in [0.15, 0.2) is 0 Å². The van der Waals surface area contributed by atoms with Gasteiger partial charge in [0.25, 0.3) is 5.91 Å². The van der Waals surface area contributed by atoms with E-state index in [1.54, 1.807) is 17.2 Å². The molecule has 0 aliphatic carbocycles. The third kappa shape index (κ3) is 3.35. The molecule has 2 aliphatic heterocycles. The molecule has 3 heterocycles. The van der Waals surface area contributed by atoms with Crippen molar-refractivity contribution in [3.05, 3.63) is 46.8 Å². The van der Waals surface area contributed by atoms with Crippen molar-refractivity contribution >= 4 is 15.9 Å². The molecule has 1 saturated heterocycles. The number of benzene rings is 1. The first-order valence-electron chi connectivity index (χ1n) is 9.79. The van der Waals surface area contributed by atoms with Crippen molar-refractivity contribution in [3.63, 3.8) is 0 Å². The van der Waals surface area contributed by atoms with E-state index in [0.29, 0.717) is 36.6 Å². The van der Waals surface area contributed by atoms with Crippen LogP contribution in [0.15, 0.2) is 29.3 Å². The Morgan fingerprint density at radius 2 is 1.79 bits per heavy atom. The zero-order valence-corrected chi connectivity index (χ0v) is 17.2. The molecule has 0 unspecified atom stereocenters. The number of sulfonamides is 1. The lowest BCUT2D eigenvalue weighted by Gasteiger charge is -2.34. The maximum absolute atomic E-state index is 13.1. The van der Waals surface area contributed by atoms with Crippen LogP contribution in [0.5, 0.6) is 0 Å². The quantitative estimate of drug-likeness (QED) is 0.787. The lowest BCUT2D eigenvalue weighted by atomic mass is 10.1. The van der Waals surface area contributed by atoms with Gasteiger partial charge in [-0.25, -0.2) is 8.42 Å². The number of amides is 1. The van der Waals surface area contributed by atoms with E-state index in [1.165, 1.54) is 4.31 Å². The molecule has 4 rings (SSSR count). The van der Waals surface area contributed by atoms with Gasteiger partial charge in [0, 0.05) is 32.7 Å². The highest BCUT2D eigenvalue weighted by Gasteiger charge is 2.32. The SMILES string of the molecule is Cc1ccc(C)c(S(=O)(=O)N2CCN(C(=O)c3cnn4c3CCCC4)CC2)c1. The molecular weight excluding hydrogens is 376 g/mol. The first-order valence-corrected chi connectivity index (χ1v) is 11.2. The Labute approximate surface area is 166 Å². The zero-order chi connectivity index (χ0) is 19.9. The van der Waals surface area contributed by atoms with E-state index in [1.807, 2.05) is 30.7 Å². The van der Waals surface area contributed by atoms with Crippen LogP contribution in [0.2, 0.25) is 0 Å². The molecule has 1 aromatic heterocycles. The molecule has 0 radical (unpaired) electrons. The van der Waals surface area contributed by atoms with Gasteiger partial charge in [-0.15, -0.1) is 0 Å². The smallest absolute Gasteiger partial charge is 0.257 e. The molecule has 1 amide bonds. The summed E-state index contributed by atoms with van der Waals surface area (Å²) in [7, 11) is -3.55. The summed E-state index contributed by atoms with van der Waals surface area (Å²) >= 11 is 0. The molecule has 2 aliphatic rings. The van der Waals surface area contributed by atoms with Gasteiger partial charge < -0.3 is 4.90 Å². The van der Waals surface area contributed by atoms with Gasteiger partial charge in [0.1, 0.15) is 0 Å². The number of rotatable bonds is 3. The van der Waals surface area contributed by atoms with E-state index in [4.69, 9.17) is 0 Å². The molecule has 8 heteroatoms. The van der Waals surface area contributed by atoms with Crippen molar-refractivity contribution in [2.75, 3.05) is 26.2 Å². The van der Waals surface area contributed by atoms with Crippen LogP contribution >= 0.6 is 0 Å². The summed E-state index contributed by atoms with van der Waals surface area (Å²) in [5.74, 6) is -0.0352. The lowest BCUT2D eigenvalue weighted by molar-refractivity contribution is 0.0696. The fraction of sp³-hybridized carbons (Fsp3) is 0.500. The van der Waals surface area contributed by atoms with Gasteiger partial charge >= 0.3 is 0 Å². The molecule has 150 valence electrons. The minimum Gasteiger partial charge on any atom is -0.336 e. The maximum atomic E-state index is 13.1. The van der Waals surface area contributed by atoms with Crippen LogP contribution in [0.3, 0.4) is 0 Å². The van der Waals surface area contributed by atoms with E-state index in [0.717, 1.165) is 42.6 Å². The van der Waals surface area contributed by atoms with Crippen LogP contribution in [-0.4, -0.2) is 59.5 Å². The first kappa shape index (κ1) is 19.1. The number of hydrogen-bond acceptors (Lipinski definition) is 4. The van der Waals surface area contributed by atoms with E-state index in [2.05, 4.69) is 5.10 Å². The van der Waals surface area contributed by atoms with Crippen molar-refractivity contribution in [1.82, 2.24) is 19.0 Å². The topological polar surface area (TPSA) is 75.5 Å². The molecule has 0 atom stereocenters. The monoisotopic (exact) mass is 402 g/mol. The average Bonchev–Trinajstić information content (AvgIpc) is 3.13. The molecule has 0 N–H and O–H groups in total. The summed E-state index contributed by atoms with van der Waals surface area (Å²) in [4.78, 5) is 15.1. The maximum Gasteiger partial charge on any atom is 0.257 e. The molecule has 7 nitrogen and oxygen atoms in total. The predicted molar refractivity (Wildman–Crippen MR) is 106 cm³/mol. The van der Waals surface area contributed by atoms with E-state index < -0.39 is 10.0 Å². The summed E-state index contributed by atoms with van der Waals surface area (Å²) in [6.07, 6.45) is 4.72. The fourth-order valence-corrected chi connectivity index (χ4v) is 5.76. The van der Waals surface area contributed by atoms with E-state index in [-0.39, 0.29) is 5.91 Å². The minimum atomic E-state index is -3.55.